The van der Waals surface area contributed by atoms with Gasteiger partial charge < -0.3 is 10.2 Å². The Morgan fingerprint density at radius 2 is 2.05 bits per heavy atom. The van der Waals surface area contributed by atoms with Gasteiger partial charge in [0.15, 0.2) is 0 Å². The molecule has 1 aliphatic rings. The Kier molecular flexibility index (Phi) is 4.99. The van der Waals surface area contributed by atoms with Gasteiger partial charge in [-0.05, 0) is 25.1 Å². The number of thioether (sulfide) groups is 1. The summed E-state index contributed by atoms with van der Waals surface area (Å²) in [5.41, 5.74) is 3.62. The standard InChI is InChI=1S/C17H23N3S/c1-2-7-18-13-14-12-17(20-8-10-21-11-9-20)15-5-3-4-6-16(15)19-14/h3-6,12,18H,2,7-11,13H2,1H3. The van der Waals surface area contributed by atoms with Crippen LogP contribution in [0.5, 0.6) is 0 Å². The normalized spacial score (nSPS) is 15.6. The van der Waals surface area contributed by atoms with Gasteiger partial charge >= 0.3 is 0 Å². The lowest BCUT2D eigenvalue weighted by molar-refractivity contribution is 0.665. The first kappa shape index (κ1) is 14.7. The number of benzene rings is 1. The Morgan fingerprint density at radius 1 is 1.24 bits per heavy atom. The molecule has 0 aliphatic carbocycles. The van der Waals surface area contributed by atoms with Crippen LogP contribution in [0.4, 0.5) is 5.69 Å². The largest absolute Gasteiger partial charge is 0.369 e. The van der Waals surface area contributed by atoms with Crippen molar-refractivity contribution in [2.24, 2.45) is 0 Å². The lowest BCUT2D eigenvalue weighted by Gasteiger charge is -2.30. The van der Waals surface area contributed by atoms with Crippen LogP contribution in [0.1, 0.15) is 19.0 Å². The highest BCUT2D eigenvalue weighted by Gasteiger charge is 2.15. The number of hydrogen-bond acceptors (Lipinski definition) is 4. The molecule has 0 bridgehead atoms. The average Bonchev–Trinajstić information content (AvgIpc) is 2.55. The summed E-state index contributed by atoms with van der Waals surface area (Å²) in [5, 5.41) is 4.74. The van der Waals surface area contributed by atoms with Gasteiger partial charge in [-0.1, -0.05) is 25.1 Å². The van der Waals surface area contributed by atoms with Crippen LogP contribution in [-0.2, 0) is 6.54 Å². The lowest BCUT2D eigenvalue weighted by Crippen LogP contribution is -2.32. The van der Waals surface area contributed by atoms with Crippen LogP contribution in [-0.4, -0.2) is 36.1 Å². The summed E-state index contributed by atoms with van der Waals surface area (Å²) in [7, 11) is 0. The molecule has 0 radical (unpaired) electrons. The molecule has 0 atom stereocenters. The van der Waals surface area contributed by atoms with Crippen LogP contribution < -0.4 is 10.2 Å². The fraction of sp³-hybridized carbons (Fsp3) is 0.471. The molecule has 0 spiro atoms. The van der Waals surface area contributed by atoms with Gasteiger partial charge in [-0.2, -0.15) is 11.8 Å². The number of nitrogens with one attached hydrogen (secondary N) is 1. The highest BCUT2D eigenvalue weighted by molar-refractivity contribution is 7.99. The molecule has 1 aromatic carbocycles. The third kappa shape index (κ3) is 3.50. The first-order valence-electron chi connectivity index (χ1n) is 7.80. The summed E-state index contributed by atoms with van der Waals surface area (Å²) in [6.45, 7) is 6.37. The highest BCUT2D eigenvalue weighted by atomic mass is 32.2. The van der Waals surface area contributed by atoms with Crippen LogP contribution in [0.25, 0.3) is 10.9 Å². The van der Waals surface area contributed by atoms with Crippen molar-refractivity contribution >= 4 is 28.4 Å². The van der Waals surface area contributed by atoms with E-state index < -0.39 is 0 Å². The fourth-order valence-corrected chi connectivity index (χ4v) is 3.66. The van der Waals surface area contributed by atoms with Gasteiger partial charge in [0.25, 0.3) is 0 Å². The summed E-state index contributed by atoms with van der Waals surface area (Å²) in [6.07, 6.45) is 1.16. The van der Waals surface area contributed by atoms with E-state index in [1.807, 2.05) is 0 Å². The second kappa shape index (κ2) is 7.14. The van der Waals surface area contributed by atoms with E-state index in [0.29, 0.717) is 0 Å². The third-order valence-corrected chi connectivity index (χ3v) is 4.77. The molecule has 3 nitrogen and oxygen atoms in total. The maximum absolute atomic E-state index is 4.81. The van der Waals surface area contributed by atoms with Gasteiger partial charge in [0.05, 0.1) is 11.2 Å². The number of nitrogens with zero attached hydrogens (tertiary/aromatic N) is 2. The number of fused-ring (bicyclic) bond motifs is 1. The minimum Gasteiger partial charge on any atom is -0.369 e. The quantitative estimate of drug-likeness (QED) is 0.858. The van der Waals surface area contributed by atoms with Crippen molar-refractivity contribution in [3.05, 3.63) is 36.0 Å². The Labute approximate surface area is 131 Å². The number of hydrogen-bond donors (Lipinski definition) is 1. The van der Waals surface area contributed by atoms with Crippen molar-refractivity contribution in [1.82, 2.24) is 10.3 Å². The Morgan fingerprint density at radius 3 is 2.86 bits per heavy atom. The Bertz CT molecular complexity index is 594. The molecule has 4 heteroatoms. The zero-order chi connectivity index (χ0) is 14.5. The second-order valence-electron chi connectivity index (χ2n) is 5.43. The molecular formula is C17H23N3S. The monoisotopic (exact) mass is 301 g/mol. The van der Waals surface area contributed by atoms with Crippen molar-refractivity contribution in [1.29, 1.82) is 0 Å². The molecule has 1 fully saturated rings. The molecule has 112 valence electrons. The summed E-state index contributed by atoms with van der Waals surface area (Å²) in [5.74, 6) is 2.44. The SMILES string of the molecule is CCCNCc1cc(N2CCSCC2)c2ccccc2n1. The zero-order valence-electron chi connectivity index (χ0n) is 12.6. The molecule has 2 aromatic rings. The average molecular weight is 301 g/mol. The van der Waals surface area contributed by atoms with Crippen molar-refractivity contribution < 1.29 is 0 Å². The molecule has 0 amide bonds. The maximum atomic E-state index is 4.81. The second-order valence-corrected chi connectivity index (χ2v) is 6.65. The molecule has 1 aliphatic heterocycles. The van der Waals surface area contributed by atoms with Crippen LogP contribution in [0, 0.1) is 0 Å². The molecule has 0 saturated carbocycles. The molecule has 1 N–H and O–H groups in total. The predicted molar refractivity (Wildman–Crippen MR) is 93.3 cm³/mol. The van der Waals surface area contributed by atoms with Crippen molar-refractivity contribution in [2.75, 3.05) is 36.0 Å². The van der Waals surface area contributed by atoms with Gasteiger partial charge in [-0.25, -0.2) is 0 Å². The summed E-state index contributed by atoms with van der Waals surface area (Å²) < 4.78 is 0. The van der Waals surface area contributed by atoms with E-state index in [9.17, 15) is 0 Å². The molecule has 21 heavy (non-hydrogen) atoms. The van der Waals surface area contributed by atoms with E-state index in [0.717, 1.165) is 43.8 Å². The van der Waals surface area contributed by atoms with E-state index in [1.165, 1.54) is 22.6 Å². The van der Waals surface area contributed by atoms with Crippen LogP contribution in [0.3, 0.4) is 0 Å². The first-order chi connectivity index (χ1) is 10.4. The van der Waals surface area contributed by atoms with E-state index in [-0.39, 0.29) is 0 Å². The van der Waals surface area contributed by atoms with E-state index in [2.05, 4.69) is 59.2 Å². The molecule has 1 saturated heterocycles. The molecule has 1 aromatic heterocycles. The maximum Gasteiger partial charge on any atom is 0.0726 e. The summed E-state index contributed by atoms with van der Waals surface area (Å²) >= 11 is 2.05. The predicted octanol–water partition coefficient (Wildman–Crippen LogP) is 3.29. The smallest absolute Gasteiger partial charge is 0.0726 e. The topological polar surface area (TPSA) is 28.2 Å². The Hall–Kier alpha value is -1.26. The van der Waals surface area contributed by atoms with Crippen molar-refractivity contribution in [2.45, 2.75) is 19.9 Å². The van der Waals surface area contributed by atoms with Crippen molar-refractivity contribution in [3.8, 4) is 0 Å². The van der Waals surface area contributed by atoms with Gasteiger partial charge in [-0.15, -0.1) is 0 Å². The van der Waals surface area contributed by atoms with Gasteiger partial charge in [0.1, 0.15) is 0 Å². The number of para-hydroxylation sites is 1. The van der Waals surface area contributed by atoms with Crippen LogP contribution in [0.2, 0.25) is 0 Å². The van der Waals surface area contributed by atoms with E-state index in [4.69, 9.17) is 4.98 Å². The highest BCUT2D eigenvalue weighted by Crippen LogP contribution is 2.28. The minimum absolute atomic E-state index is 0.855. The minimum atomic E-state index is 0.855. The number of pyridine rings is 1. The van der Waals surface area contributed by atoms with Crippen LogP contribution >= 0.6 is 11.8 Å². The summed E-state index contributed by atoms with van der Waals surface area (Å²) in [6, 6.07) is 10.8. The summed E-state index contributed by atoms with van der Waals surface area (Å²) in [4.78, 5) is 7.33. The molecule has 0 unspecified atom stereocenters. The molecule has 3 rings (SSSR count). The fourth-order valence-electron chi connectivity index (χ4n) is 2.76. The molecular weight excluding hydrogens is 278 g/mol. The Balaban J connectivity index is 1.94. The first-order valence-corrected chi connectivity index (χ1v) is 8.96. The van der Waals surface area contributed by atoms with Gasteiger partial charge in [0.2, 0.25) is 0 Å². The van der Waals surface area contributed by atoms with Crippen LogP contribution in [0.15, 0.2) is 30.3 Å². The lowest BCUT2D eigenvalue weighted by atomic mass is 10.1. The third-order valence-electron chi connectivity index (χ3n) is 3.83. The van der Waals surface area contributed by atoms with Crippen molar-refractivity contribution in [3.63, 3.8) is 0 Å². The zero-order valence-corrected chi connectivity index (χ0v) is 13.5. The molecule has 2 heterocycles. The number of aromatic nitrogens is 1. The van der Waals surface area contributed by atoms with E-state index >= 15 is 0 Å². The number of anilines is 1. The van der Waals surface area contributed by atoms with E-state index in [1.54, 1.807) is 0 Å². The van der Waals surface area contributed by atoms with Gasteiger partial charge in [0, 0.05) is 42.2 Å². The number of rotatable bonds is 5. The van der Waals surface area contributed by atoms with Gasteiger partial charge in [-0.3, -0.25) is 4.98 Å².